The zero-order chi connectivity index (χ0) is 30.7. The number of nitrogens with one attached hydrogen (secondary N) is 2. The van der Waals surface area contributed by atoms with Gasteiger partial charge < -0.3 is 20.1 Å². The van der Waals surface area contributed by atoms with Gasteiger partial charge in [0.05, 0.1) is 28.1 Å². The molecule has 44 heavy (non-hydrogen) atoms. The highest BCUT2D eigenvalue weighted by Crippen LogP contribution is 2.39. The van der Waals surface area contributed by atoms with E-state index < -0.39 is 16.1 Å². The van der Waals surface area contributed by atoms with Crippen molar-refractivity contribution in [3.05, 3.63) is 83.1 Å². The SMILES string of the molecule is Cc1ccc2c(NS(=O)(=O)Cc3cscn3)cccc2c1Oc1ncccc1-c1ccnc(N[C@H]2CCCN(C(=O)O)C2)n1. The van der Waals surface area contributed by atoms with Gasteiger partial charge in [0.2, 0.25) is 21.9 Å². The second-order valence-electron chi connectivity index (χ2n) is 10.4. The van der Waals surface area contributed by atoms with Gasteiger partial charge in [-0.15, -0.1) is 11.3 Å². The summed E-state index contributed by atoms with van der Waals surface area (Å²) in [6.45, 7) is 2.78. The maximum absolute atomic E-state index is 12.9. The van der Waals surface area contributed by atoms with Gasteiger partial charge in [-0.2, -0.15) is 0 Å². The predicted molar refractivity (Wildman–Crippen MR) is 169 cm³/mol. The molecule has 4 heterocycles. The number of piperidine rings is 1. The summed E-state index contributed by atoms with van der Waals surface area (Å²) in [5.41, 5.74) is 4.55. The van der Waals surface area contributed by atoms with E-state index in [1.165, 1.54) is 16.2 Å². The zero-order valence-corrected chi connectivity index (χ0v) is 25.3. The Labute approximate surface area is 257 Å². The number of sulfonamides is 1. The van der Waals surface area contributed by atoms with Crippen molar-refractivity contribution in [3.8, 4) is 22.9 Å². The lowest BCUT2D eigenvalue weighted by atomic mass is 10.0. The summed E-state index contributed by atoms with van der Waals surface area (Å²) in [6.07, 6.45) is 3.88. The fraction of sp³-hybridized carbons (Fsp3) is 0.233. The second-order valence-corrected chi connectivity index (χ2v) is 12.8. The van der Waals surface area contributed by atoms with Crippen LogP contribution in [0.5, 0.6) is 11.6 Å². The highest BCUT2D eigenvalue weighted by molar-refractivity contribution is 7.91. The maximum atomic E-state index is 12.9. The number of aryl methyl sites for hydroxylation is 1. The molecule has 1 atom stereocenters. The van der Waals surface area contributed by atoms with Crippen LogP contribution in [0.4, 0.5) is 16.4 Å². The third-order valence-corrected chi connectivity index (χ3v) is 9.06. The molecule has 1 aliphatic rings. The molecule has 0 saturated carbocycles. The number of fused-ring (bicyclic) bond motifs is 1. The second kappa shape index (κ2) is 12.4. The molecule has 0 aliphatic carbocycles. The van der Waals surface area contributed by atoms with E-state index in [0.717, 1.165) is 18.4 Å². The van der Waals surface area contributed by atoms with Crippen LogP contribution in [0.2, 0.25) is 0 Å². The Morgan fingerprint density at radius 1 is 1.09 bits per heavy atom. The molecule has 2 aromatic carbocycles. The van der Waals surface area contributed by atoms with Crippen LogP contribution in [0, 0.1) is 6.92 Å². The van der Waals surface area contributed by atoms with E-state index in [1.54, 1.807) is 47.5 Å². The van der Waals surface area contributed by atoms with Crippen LogP contribution in [0.1, 0.15) is 24.1 Å². The van der Waals surface area contributed by atoms with Crippen LogP contribution in [0.15, 0.2) is 71.8 Å². The zero-order valence-electron chi connectivity index (χ0n) is 23.7. The first-order valence-electron chi connectivity index (χ1n) is 13.9. The van der Waals surface area contributed by atoms with Crippen molar-refractivity contribution in [1.29, 1.82) is 0 Å². The normalized spacial score (nSPS) is 15.2. The molecular weight excluding hydrogens is 603 g/mol. The van der Waals surface area contributed by atoms with E-state index >= 15 is 0 Å². The number of rotatable bonds is 9. The molecule has 5 aromatic rings. The first-order chi connectivity index (χ1) is 21.3. The van der Waals surface area contributed by atoms with Crippen molar-refractivity contribution >= 4 is 49.9 Å². The summed E-state index contributed by atoms with van der Waals surface area (Å²) in [6, 6.07) is 14.4. The van der Waals surface area contributed by atoms with Gasteiger partial charge in [0.1, 0.15) is 11.5 Å². The molecule has 14 heteroatoms. The number of hydrogen-bond donors (Lipinski definition) is 3. The van der Waals surface area contributed by atoms with E-state index in [4.69, 9.17) is 4.74 Å². The number of amides is 1. The smallest absolute Gasteiger partial charge is 0.407 e. The molecular formula is C30H29N7O5S2. The fourth-order valence-corrected chi connectivity index (χ4v) is 6.96. The number of pyridine rings is 1. The summed E-state index contributed by atoms with van der Waals surface area (Å²) in [7, 11) is -3.71. The molecule has 1 amide bonds. The fourth-order valence-electron chi connectivity index (χ4n) is 5.16. The first-order valence-corrected chi connectivity index (χ1v) is 16.5. The summed E-state index contributed by atoms with van der Waals surface area (Å²) in [5, 5.41) is 15.7. The van der Waals surface area contributed by atoms with E-state index in [-0.39, 0.29) is 11.8 Å². The molecule has 0 unspecified atom stereocenters. The first kappa shape index (κ1) is 29.3. The molecule has 0 bridgehead atoms. The number of benzene rings is 2. The average Bonchev–Trinajstić information content (AvgIpc) is 3.51. The van der Waals surface area contributed by atoms with Crippen molar-refractivity contribution in [2.75, 3.05) is 23.1 Å². The van der Waals surface area contributed by atoms with Gasteiger partial charge in [0, 0.05) is 47.7 Å². The van der Waals surface area contributed by atoms with Gasteiger partial charge >= 0.3 is 6.09 Å². The van der Waals surface area contributed by atoms with Crippen LogP contribution in [0.3, 0.4) is 0 Å². The third kappa shape index (κ3) is 6.55. The van der Waals surface area contributed by atoms with Gasteiger partial charge in [-0.3, -0.25) is 4.72 Å². The number of carboxylic acid groups (broad SMARTS) is 1. The highest BCUT2D eigenvalue weighted by Gasteiger charge is 2.24. The Morgan fingerprint density at radius 3 is 2.80 bits per heavy atom. The maximum Gasteiger partial charge on any atom is 0.407 e. The van der Waals surface area contributed by atoms with Crippen LogP contribution >= 0.6 is 11.3 Å². The number of carbonyl (C=O) groups is 1. The Morgan fingerprint density at radius 2 is 1.98 bits per heavy atom. The number of hydrogen-bond acceptors (Lipinski definition) is 10. The van der Waals surface area contributed by atoms with Crippen molar-refractivity contribution in [2.24, 2.45) is 0 Å². The topological polar surface area (TPSA) is 160 Å². The minimum Gasteiger partial charge on any atom is -0.465 e. The summed E-state index contributed by atoms with van der Waals surface area (Å²) in [5.74, 6) is 1.00. The number of thiazole rings is 1. The van der Waals surface area contributed by atoms with Gasteiger partial charge in [0.15, 0.2) is 0 Å². The van der Waals surface area contributed by atoms with E-state index in [1.807, 2.05) is 31.2 Å². The standard InChI is InChI=1S/C30H29N7O5S2/c1-19-9-10-22-23(6-2-8-26(22)36-44(40,41)17-21-16-43-18-33-21)27(19)42-28-24(7-3-12-31-28)25-11-13-32-29(35-25)34-20-5-4-14-37(15-20)30(38)39/h2-3,6-13,16,18,20,36H,4-5,14-15,17H2,1H3,(H,38,39)(H,32,34,35)/t20-/m0/s1. The molecule has 226 valence electrons. The number of ether oxygens (including phenoxy) is 1. The van der Waals surface area contributed by atoms with Gasteiger partial charge in [-0.1, -0.05) is 24.3 Å². The third-order valence-electron chi connectivity index (χ3n) is 7.22. The summed E-state index contributed by atoms with van der Waals surface area (Å²) in [4.78, 5) is 30.5. The van der Waals surface area contributed by atoms with Crippen molar-refractivity contribution in [2.45, 2.75) is 31.6 Å². The quantitative estimate of drug-likeness (QED) is 0.183. The molecule has 3 aromatic heterocycles. The lowest BCUT2D eigenvalue weighted by Gasteiger charge is -2.31. The average molecular weight is 632 g/mol. The summed E-state index contributed by atoms with van der Waals surface area (Å²) < 4.78 is 35.0. The number of likely N-dealkylation sites (tertiary alicyclic amines) is 1. The monoisotopic (exact) mass is 631 g/mol. The number of nitrogens with zero attached hydrogens (tertiary/aromatic N) is 5. The molecule has 1 saturated heterocycles. The van der Waals surface area contributed by atoms with Crippen LogP contribution in [-0.4, -0.2) is 63.6 Å². The van der Waals surface area contributed by atoms with Crippen LogP contribution in [0.25, 0.3) is 22.0 Å². The molecule has 3 N–H and O–H groups in total. The molecule has 0 radical (unpaired) electrons. The Balaban J connectivity index is 1.28. The van der Waals surface area contributed by atoms with E-state index in [2.05, 4.69) is 30.0 Å². The Bertz CT molecular complexity index is 1920. The molecule has 12 nitrogen and oxygen atoms in total. The number of aromatic nitrogens is 4. The van der Waals surface area contributed by atoms with Crippen LogP contribution < -0.4 is 14.8 Å². The Hall–Kier alpha value is -4.82. The van der Waals surface area contributed by atoms with Crippen molar-refractivity contribution in [3.63, 3.8) is 0 Å². The van der Waals surface area contributed by atoms with Gasteiger partial charge in [-0.25, -0.2) is 33.1 Å². The van der Waals surface area contributed by atoms with E-state index in [9.17, 15) is 18.3 Å². The lowest BCUT2D eigenvalue weighted by Crippen LogP contribution is -2.44. The van der Waals surface area contributed by atoms with E-state index in [0.29, 0.717) is 64.1 Å². The molecule has 0 spiro atoms. The minimum atomic E-state index is -3.71. The van der Waals surface area contributed by atoms with Crippen molar-refractivity contribution in [1.82, 2.24) is 24.8 Å². The summed E-state index contributed by atoms with van der Waals surface area (Å²) >= 11 is 1.34. The molecule has 6 rings (SSSR count). The predicted octanol–water partition coefficient (Wildman–Crippen LogP) is 5.75. The number of anilines is 2. The highest BCUT2D eigenvalue weighted by atomic mass is 32.2. The minimum absolute atomic E-state index is 0.105. The lowest BCUT2D eigenvalue weighted by molar-refractivity contribution is 0.132. The largest absolute Gasteiger partial charge is 0.465 e. The van der Waals surface area contributed by atoms with Gasteiger partial charge in [0.25, 0.3) is 0 Å². The Kier molecular flexibility index (Phi) is 8.26. The van der Waals surface area contributed by atoms with Gasteiger partial charge in [-0.05, 0) is 49.6 Å². The van der Waals surface area contributed by atoms with Crippen LogP contribution in [-0.2, 0) is 15.8 Å². The van der Waals surface area contributed by atoms with Crippen molar-refractivity contribution < 1.29 is 23.1 Å². The molecule has 1 fully saturated rings. The molecule has 1 aliphatic heterocycles.